The van der Waals surface area contributed by atoms with Gasteiger partial charge in [-0.05, 0) is 52.7 Å². The molecule has 1 N–H and O–H groups in total. The van der Waals surface area contributed by atoms with Crippen molar-refractivity contribution in [3.8, 4) is 11.5 Å². The summed E-state index contributed by atoms with van der Waals surface area (Å²) in [6.45, 7) is 10.4. The number of ether oxygens (including phenoxy) is 1. The number of hydrogen-bond donors (Lipinski definition) is 1. The van der Waals surface area contributed by atoms with Crippen LogP contribution in [-0.2, 0) is 6.54 Å². The summed E-state index contributed by atoms with van der Waals surface area (Å²) in [7, 11) is 0. The Morgan fingerprint density at radius 2 is 1.90 bits per heavy atom. The van der Waals surface area contributed by atoms with Gasteiger partial charge in [-0.2, -0.15) is 0 Å². The zero-order chi connectivity index (χ0) is 21.8. The molecule has 2 heterocycles. The number of phenols is 1. The standard InChI is InChI=1S/C28H37NO2/c1-4-5-7-10-20(2)21(3)24-15-26(30)28-25-18-29(17-22-11-8-6-9-12-22)14-13-23(25)19-31-27(28)16-24/h6,8-9,11-12,15-16,20-21,30H,4-5,7,10,13-14,17-19H2,1-3H3. The fourth-order valence-electron chi connectivity index (χ4n) is 5.01. The molecule has 0 aliphatic carbocycles. The lowest BCUT2D eigenvalue weighted by atomic mass is 9.83. The molecule has 2 aliphatic rings. The van der Waals surface area contributed by atoms with Crippen molar-refractivity contribution in [3.05, 3.63) is 64.7 Å². The Hall–Kier alpha value is -2.26. The van der Waals surface area contributed by atoms with Crippen LogP contribution in [0.25, 0.3) is 5.57 Å². The zero-order valence-electron chi connectivity index (χ0n) is 19.4. The first-order valence-electron chi connectivity index (χ1n) is 12.0. The Kier molecular flexibility index (Phi) is 7.02. The molecular weight excluding hydrogens is 382 g/mol. The number of unbranched alkanes of at least 4 members (excludes halogenated alkanes) is 2. The second kappa shape index (κ2) is 9.91. The van der Waals surface area contributed by atoms with E-state index in [0.29, 0.717) is 24.2 Å². The van der Waals surface area contributed by atoms with Crippen LogP contribution in [0.3, 0.4) is 0 Å². The molecule has 0 radical (unpaired) electrons. The molecule has 0 aromatic heterocycles. The number of benzene rings is 2. The van der Waals surface area contributed by atoms with Gasteiger partial charge in [0.1, 0.15) is 18.1 Å². The van der Waals surface area contributed by atoms with E-state index in [-0.39, 0.29) is 0 Å². The quantitative estimate of drug-likeness (QED) is 0.480. The van der Waals surface area contributed by atoms with E-state index in [2.05, 4.69) is 62.1 Å². The van der Waals surface area contributed by atoms with E-state index in [1.165, 1.54) is 48.0 Å². The third-order valence-electron chi connectivity index (χ3n) is 7.24. The fourth-order valence-corrected chi connectivity index (χ4v) is 5.01. The Morgan fingerprint density at radius 3 is 2.68 bits per heavy atom. The molecule has 0 fully saturated rings. The zero-order valence-corrected chi connectivity index (χ0v) is 19.4. The molecule has 3 nitrogen and oxygen atoms in total. The van der Waals surface area contributed by atoms with Crippen molar-refractivity contribution in [1.29, 1.82) is 0 Å². The van der Waals surface area contributed by atoms with Gasteiger partial charge < -0.3 is 9.84 Å². The average molecular weight is 420 g/mol. The highest BCUT2D eigenvalue weighted by atomic mass is 16.5. The van der Waals surface area contributed by atoms with E-state index >= 15 is 0 Å². The van der Waals surface area contributed by atoms with E-state index in [1.807, 2.05) is 6.07 Å². The lowest BCUT2D eigenvalue weighted by molar-refractivity contribution is 0.267. The molecule has 0 amide bonds. The van der Waals surface area contributed by atoms with Crippen LogP contribution in [0.2, 0.25) is 0 Å². The van der Waals surface area contributed by atoms with Crippen molar-refractivity contribution in [3.63, 3.8) is 0 Å². The largest absolute Gasteiger partial charge is 0.507 e. The van der Waals surface area contributed by atoms with Gasteiger partial charge in [0.15, 0.2) is 0 Å². The molecule has 0 spiro atoms. The third-order valence-corrected chi connectivity index (χ3v) is 7.24. The summed E-state index contributed by atoms with van der Waals surface area (Å²) < 4.78 is 6.16. The molecule has 0 saturated heterocycles. The monoisotopic (exact) mass is 419 g/mol. The van der Waals surface area contributed by atoms with Gasteiger partial charge in [0.25, 0.3) is 0 Å². The van der Waals surface area contributed by atoms with Gasteiger partial charge in [-0.1, -0.05) is 76.8 Å². The predicted octanol–water partition coefficient (Wildman–Crippen LogP) is 6.76. The van der Waals surface area contributed by atoms with Crippen LogP contribution < -0.4 is 4.74 Å². The maximum atomic E-state index is 11.1. The molecule has 2 atom stereocenters. The minimum absolute atomic E-state index is 0.383. The first-order valence-corrected chi connectivity index (χ1v) is 12.0. The molecule has 2 aromatic carbocycles. The number of rotatable bonds is 8. The second-order valence-electron chi connectivity index (χ2n) is 9.49. The van der Waals surface area contributed by atoms with Crippen molar-refractivity contribution in [2.75, 3.05) is 19.7 Å². The topological polar surface area (TPSA) is 32.7 Å². The smallest absolute Gasteiger partial charge is 0.131 e. The lowest BCUT2D eigenvalue weighted by Gasteiger charge is -2.35. The molecule has 0 saturated carbocycles. The van der Waals surface area contributed by atoms with E-state index in [4.69, 9.17) is 4.74 Å². The maximum Gasteiger partial charge on any atom is 0.131 e. The Labute approximate surface area is 187 Å². The van der Waals surface area contributed by atoms with Gasteiger partial charge in [0, 0.05) is 19.6 Å². The third kappa shape index (κ3) is 4.98. The number of phenolic OH excluding ortho intramolecular Hbond substituents is 1. The lowest BCUT2D eigenvalue weighted by Crippen LogP contribution is -2.33. The first-order chi connectivity index (χ1) is 15.1. The summed E-state index contributed by atoms with van der Waals surface area (Å²) >= 11 is 0. The van der Waals surface area contributed by atoms with E-state index in [1.54, 1.807) is 0 Å². The predicted molar refractivity (Wildman–Crippen MR) is 129 cm³/mol. The van der Waals surface area contributed by atoms with Gasteiger partial charge in [-0.25, -0.2) is 0 Å². The highest BCUT2D eigenvalue weighted by Gasteiger charge is 2.29. The van der Waals surface area contributed by atoms with Crippen molar-refractivity contribution in [2.45, 2.75) is 65.3 Å². The molecule has 4 rings (SSSR count). The van der Waals surface area contributed by atoms with Gasteiger partial charge in [-0.3, -0.25) is 4.90 Å². The SMILES string of the molecule is CCCCCC(C)C(C)c1cc(O)c2c(c1)OCC1=C2CN(Cc2ccccc2)CC1. The summed E-state index contributed by atoms with van der Waals surface area (Å²) in [6, 6.07) is 14.8. The normalized spacial score (nSPS) is 18.2. The van der Waals surface area contributed by atoms with Gasteiger partial charge in [0.2, 0.25) is 0 Å². The van der Waals surface area contributed by atoms with Gasteiger partial charge in [-0.15, -0.1) is 0 Å². The molecule has 3 heteroatoms. The minimum Gasteiger partial charge on any atom is -0.507 e. The van der Waals surface area contributed by atoms with E-state index < -0.39 is 0 Å². The van der Waals surface area contributed by atoms with E-state index in [0.717, 1.165) is 37.4 Å². The molecule has 2 aromatic rings. The van der Waals surface area contributed by atoms with Crippen molar-refractivity contribution >= 4 is 5.57 Å². The maximum absolute atomic E-state index is 11.1. The second-order valence-corrected chi connectivity index (χ2v) is 9.49. The Bertz CT molecular complexity index is 918. The van der Waals surface area contributed by atoms with Crippen LogP contribution in [-0.4, -0.2) is 29.7 Å². The van der Waals surface area contributed by atoms with Crippen LogP contribution in [0.5, 0.6) is 11.5 Å². The first kappa shape index (κ1) is 22.0. The van der Waals surface area contributed by atoms with Crippen LogP contribution in [0.4, 0.5) is 0 Å². The summed E-state index contributed by atoms with van der Waals surface area (Å²) in [4.78, 5) is 2.48. The van der Waals surface area contributed by atoms with E-state index in [9.17, 15) is 5.11 Å². The van der Waals surface area contributed by atoms with Crippen molar-refractivity contribution in [2.24, 2.45) is 5.92 Å². The van der Waals surface area contributed by atoms with Gasteiger partial charge in [0.05, 0.1) is 5.56 Å². The minimum atomic E-state index is 0.383. The van der Waals surface area contributed by atoms with Crippen LogP contribution in [0.15, 0.2) is 48.0 Å². The average Bonchev–Trinajstić information content (AvgIpc) is 2.78. The number of fused-ring (bicyclic) bond motifs is 2. The summed E-state index contributed by atoms with van der Waals surface area (Å²) in [5, 5.41) is 11.1. The van der Waals surface area contributed by atoms with Gasteiger partial charge >= 0.3 is 0 Å². The number of nitrogens with zero attached hydrogens (tertiary/aromatic N) is 1. The fraction of sp³-hybridized carbons (Fsp3) is 0.500. The molecular formula is C28H37NO2. The highest BCUT2D eigenvalue weighted by Crippen LogP contribution is 2.45. The van der Waals surface area contributed by atoms with Crippen LogP contribution in [0, 0.1) is 5.92 Å². The molecule has 0 bridgehead atoms. The molecule has 166 valence electrons. The van der Waals surface area contributed by atoms with Crippen LogP contribution in [0.1, 0.15) is 75.5 Å². The molecule has 2 aliphatic heterocycles. The van der Waals surface area contributed by atoms with Crippen molar-refractivity contribution < 1.29 is 9.84 Å². The summed E-state index contributed by atoms with van der Waals surface area (Å²) in [5.74, 6) is 2.25. The van der Waals surface area contributed by atoms with Crippen molar-refractivity contribution in [1.82, 2.24) is 4.90 Å². The Morgan fingerprint density at radius 1 is 1.10 bits per heavy atom. The highest BCUT2D eigenvalue weighted by molar-refractivity contribution is 5.81. The molecule has 31 heavy (non-hydrogen) atoms. The summed E-state index contributed by atoms with van der Waals surface area (Å²) in [5.41, 5.74) is 6.08. The van der Waals surface area contributed by atoms with Crippen LogP contribution >= 0.6 is 0 Å². The summed E-state index contributed by atoms with van der Waals surface area (Å²) in [6.07, 6.45) is 6.08. The molecule has 2 unspecified atom stereocenters. The number of aromatic hydroxyl groups is 1. The number of hydrogen-bond acceptors (Lipinski definition) is 3. The Balaban J connectivity index is 1.53.